The molecule has 0 saturated carbocycles. The highest BCUT2D eigenvalue weighted by molar-refractivity contribution is 9.10. The van der Waals surface area contributed by atoms with Gasteiger partial charge in [-0.3, -0.25) is 4.79 Å². The number of hydrogen-bond acceptors (Lipinski definition) is 2. The lowest BCUT2D eigenvalue weighted by Crippen LogP contribution is -2.48. The zero-order valence-corrected chi connectivity index (χ0v) is 12.0. The van der Waals surface area contributed by atoms with E-state index in [1.807, 2.05) is 32.9 Å². The molecule has 3 nitrogen and oxygen atoms in total. The Morgan fingerprint density at radius 3 is 2.65 bits per heavy atom. The average molecular weight is 300 g/mol. The fourth-order valence-electron chi connectivity index (χ4n) is 1.39. The molecule has 1 aromatic carbocycles. The lowest BCUT2D eigenvalue weighted by molar-refractivity contribution is 0.0846. The van der Waals surface area contributed by atoms with Gasteiger partial charge in [0.2, 0.25) is 0 Å². The van der Waals surface area contributed by atoms with Crippen LogP contribution in [0.2, 0.25) is 0 Å². The zero-order valence-electron chi connectivity index (χ0n) is 10.4. The molecule has 0 aliphatic carbocycles. The third-order valence-corrected chi connectivity index (χ3v) is 3.57. The number of carbonyl (C=O) groups excluding carboxylic acids is 1. The van der Waals surface area contributed by atoms with Gasteiger partial charge in [-0.05, 0) is 53.9 Å². The van der Waals surface area contributed by atoms with Gasteiger partial charge in [0.1, 0.15) is 0 Å². The molecule has 1 unspecified atom stereocenters. The van der Waals surface area contributed by atoms with Gasteiger partial charge in [-0.25, -0.2) is 0 Å². The zero-order chi connectivity index (χ0) is 13.1. The molecule has 0 radical (unpaired) electrons. The molecule has 0 saturated heterocycles. The van der Waals surface area contributed by atoms with Crippen molar-refractivity contribution >= 4 is 21.8 Å². The summed E-state index contributed by atoms with van der Waals surface area (Å²) in [5.74, 6) is -0.171. The van der Waals surface area contributed by atoms with Crippen molar-refractivity contribution in [3.05, 3.63) is 33.8 Å². The van der Waals surface area contributed by atoms with Gasteiger partial charge in [-0.15, -0.1) is 0 Å². The van der Waals surface area contributed by atoms with Gasteiger partial charge < -0.3 is 10.4 Å². The molecule has 4 heteroatoms. The van der Waals surface area contributed by atoms with Gasteiger partial charge >= 0.3 is 0 Å². The molecule has 0 aliphatic heterocycles. The predicted molar refractivity (Wildman–Crippen MR) is 72.1 cm³/mol. The molecule has 0 spiro atoms. The molecular weight excluding hydrogens is 282 g/mol. The maximum Gasteiger partial charge on any atom is 0.252 e. The van der Waals surface area contributed by atoms with Crippen LogP contribution < -0.4 is 5.32 Å². The van der Waals surface area contributed by atoms with Crippen LogP contribution >= 0.6 is 15.9 Å². The van der Waals surface area contributed by atoms with E-state index in [9.17, 15) is 9.90 Å². The lowest BCUT2D eigenvalue weighted by atomic mass is 9.99. The number of aliphatic hydroxyl groups is 1. The van der Waals surface area contributed by atoms with Crippen molar-refractivity contribution in [1.82, 2.24) is 5.32 Å². The van der Waals surface area contributed by atoms with Crippen LogP contribution in [0.5, 0.6) is 0 Å². The van der Waals surface area contributed by atoms with Gasteiger partial charge in [-0.2, -0.15) is 0 Å². The Bertz CT molecular complexity index is 414. The van der Waals surface area contributed by atoms with Crippen molar-refractivity contribution in [3.63, 3.8) is 0 Å². The van der Waals surface area contributed by atoms with E-state index < -0.39 is 5.54 Å². The Kier molecular flexibility index (Phi) is 4.71. The summed E-state index contributed by atoms with van der Waals surface area (Å²) in [5, 5.41) is 12.1. The Balaban J connectivity index is 2.90. The summed E-state index contributed by atoms with van der Waals surface area (Å²) in [5.41, 5.74) is 1.11. The summed E-state index contributed by atoms with van der Waals surface area (Å²) in [6.07, 6.45) is 0.679. The number of nitrogens with one attached hydrogen (secondary N) is 1. The monoisotopic (exact) mass is 299 g/mol. The molecule has 0 aromatic heterocycles. The summed E-state index contributed by atoms with van der Waals surface area (Å²) >= 11 is 3.38. The first-order valence-electron chi connectivity index (χ1n) is 5.61. The molecule has 1 amide bonds. The van der Waals surface area contributed by atoms with Crippen molar-refractivity contribution in [2.45, 2.75) is 32.7 Å². The van der Waals surface area contributed by atoms with Crippen molar-refractivity contribution in [1.29, 1.82) is 0 Å². The van der Waals surface area contributed by atoms with Crippen LogP contribution in [0.15, 0.2) is 22.7 Å². The van der Waals surface area contributed by atoms with Gasteiger partial charge in [0.25, 0.3) is 5.91 Å². The van der Waals surface area contributed by atoms with Crippen LogP contribution in [0.3, 0.4) is 0 Å². The lowest BCUT2D eigenvalue weighted by Gasteiger charge is -2.27. The summed E-state index contributed by atoms with van der Waals surface area (Å²) < 4.78 is 0.770. The third-order valence-electron chi connectivity index (χ3n) is 2.91. The second-order valence-corrected chi connectivity index (χ2v) is 5.36. The van der Waals surface area contributed by atoms with Crippen LogP contribution in [0.25, 0.3) is 0 Å². The van der Waals surface area contributed by atoms with Crippen LogP contribution in [0, 0.1) is 6.92 Å². The fraction of sp³-hybridized carbons (Fsp3) is 0.462. The normalized spacial score (nSPS) is 14.2. The number of amides is 1. The number of aryl methyl sites for hydroxylation is 1. The minimum absolute atomic E-state index is 0.0707. The number of halogens is 1. The van der Waals surface area contributed by atoms with Gasteiger partial charge in [0, 0.05) is 4.47 Å². The van der Waals surface area contributed by atoms with E-state index in [1.165, 1.54) is 0 Å². The maximum absolute atomic E-state index is 12.1. The highest BCUT2D eigenvalue weighted by Crippen LogP contribution is 2.19. The first-order valence-corrected chi connectivity index (χ1v) is 6.40. The van der Waals surface area contributed by atoms with Crippen LogP contribution in [-0.2, 0) is 0 Å². The second-order valence-electron chi connectivity index (χ2n) is 4.51. The highest BCUT2D eigenvalue weighted by atomic mass is 79.9. The quantitative estimate of drug-likeness (QED) is 0.898. The molecule has 0 heterocycles. The molecule has 0 bridgehead atoms. The number of hydrogen-bond donors (Lipinski definition) is 2. The molecule has 0 fully saturated rings. The summed E-state index contributed by atoms with van der Waals surface area (Å²) in [6.45, 7) is 5.66. The Morgan fingerprint density at radius 1 is 1.53 bits per heavy atom. The topological polar surface area (TPSA) is 49.3 Å². The van der Waals surface area contributed by atoms with Crippen LogP contribution in [-0.4, -0.2) is 23.2 Å². The molecule has 1 rings (SSSR count). The Labute approximate surface area is 110 Å². The first kappa shape index (κ1) is 14.2. The van der Waals surface area contributed by atoms with E-state index in [0.717, 1.165) is 10.0 Å². The average Bonchev–Trinajstić information content (AvgIpc) is 2.28. The van der Waals surface area contributed by atoms with Crippen molar-refractivity contribution < 1.29 is 9.90 Å². The summed E-state index contributed by atoms with van der Waals surface area (Å²) in [7, 11) is 0. The van der Waals surface area contributed by atoms with Crippen molar-refractivity contribution in [3.8, 4) is 0 Å². The summed E-state index contributed by atoms with van der Waals surface area (Å²) in [6, 6.07) is 5.57. The Hall–Kier alpha value is -0.870. The first-order chi connectivity index (χ1) is 7.91. The number of aliphatic hydroxyl groups excluding tert-OH is 1. The van der Waals surface area contributed by atoms with E-state index in [4.69, 9.17) is 0 Å². The Morgan fingerprint density at radius 2 is 2.18 bits per heavy atom. The number of rotatable bonds is 4. The molecular formula is C13H18BrNO2. The van der Waals surface area contributed by atoms with Crippen LogP contribution in [0.1, 0.15) is 36.2 Å². The van der Waals surface area contributed by atoms with Gasteiger partial charge in [0.05, 0.1) is 17.7 Å². The third kappa shape index (κ3) is 3.54. The molecule has 94 valence electrons. The molecule has 2 N–H and O–H groups in total. The van der Waals surface area contributed by atoms with E-state index in [2.05, 4.69) is 21.2 Å². The fourth-order valence-corrected chi connectivity index (χ4v) is 2.06. The van der Waals surface area contributed by atoms with E-state index in [0.29, 0.717) is 12.0 Å². The maximum atomic E-state index is 12.1. The van der Waals surface area contributed by atoms with Crippen molar-refractivity contribution in [2.75, 3.05) is 6.61 Å². The van der Waals surface area contributed by atoms with E-state index >= 15 is 0 Å². The molecule has 1 atom stereocenters. The smallest absolute Gasteiger partial charge is 0.252 e. The second kappa shape index (κ2) is 5.65. The highest BCUT2D eigenvalue weighted by Gasteiger charge is 2.24. The molecule has 1 aromatic rings. The van der Waals surface area contributed by atoms with Crippen molar-refractivity contribution in [2.24, 2.45) is 0 Å². The van der Waals surface area contributed by atoms with Crippen LogP contribution in [0.4, 0.5) is 0 Å². The standard InChI is InChI=1S/C13H18BrNO2/c1-4-13(3,8-16)15-12(17)10-6-5-9(2)7-11(10)14/h5-7,16H,4,8H2,1-3H3,(H,15,17). The minimum Gasteiger partial charge on any atom is -0.394 e. The van der Waals surface area contributed by atoms with E-state index in [-0.39, 0.29) is 12.5 Å². The van der Waals surface area contributed by atoms with E-state index in [1.54, 1.807) is 6.07 Å². The predicted octanol–water partition coefficient (Wildman–Crippen LogP) is 2.65. The largest absolute Gasteiger partial charge is 0.394 e. The SMILES string of the molecule is CCC(C)(CO)NC(=O)c1ccc(C)cc1Br. The van der Waals surface area contributed by atoms with Gasteiger partial charge in [-0.1, -0.05) is 13.0 Å². The number of benzene rings is 1. The summed E-state index contributed by atoms with van der Waals surface area (Å²) in [4.78, 5) is 12.1. The molecule has 0 aliphatic rings. The number of carbonyl (C=O) groups is 1. The minimum atomic E-state index is -0.568. The van der Waals surface area contributed by atoms with Gasteiger partial charge in [0.15, 0.2) is 0 Å². The molecule has 17 heavy (non-hydrogen) atoms.